The Morgan fingerprint density at radius 3 is 2.93 bits per heavy atom. The zero-order chi connectivity index (χ0) is 20.6. The zero-order valence-corrected chi connectivity index (χ0v) is 15.7. The van der Waals surface area contributed by atoms with Crippen LogP contribution in [-0.4, -0.2) is 30.8 Å². The van der Waals surface area contributed by atoms with Crippen molar-refractivity contribution in [2.75, 3.05) is 5.32 Å². The molecule has 2 aromatic rings. The van der Waals surface area contributed by atoms with Crippen LogP contribution in [0.5, 0.6) is 0 Å². The van der Waals surface area contributed by atoms with Crippen molar-refractivity contribution in [2.45, 2.75) is 30.2 Å². The fourth-order valence-corrected chi connectivity index (χ4v) is 4.75. The second kappa shape index (κ2) is 7.32. The number of hydrogen-bond donors (Lipinski definition) is 4. The van der Waals surface area contributed by atoms with Crippen LogP contribution < -0.4 is 10.0 Å². The first-order chi connectivity index (χ1) is 13.1. The van der Waals surface area contributed by atoms with E-state index < -0.39 is 34.0 Å². The molecule has 150 valence electrons. The first-order valence-electron chi connectivity index (χ1n) is 8.27. The topological polar surface area (TPSA) is 120 Å². The smallest absolute Gasteiger partial charge is 0.280 e. The molecule has 0 saturated carbocycles. The van der Waals surface area contributed by atoms with Crippen molar-refractivity contribution in [1.82, 2.24) is 14.3 Å². The van der Waals surface area contributed by atoms with Gasteiger partial charge in [-0.05, 0) is 25.0 Å². The molecule has 3 rings (SSSR count). The van der Waals surface area contributed by atoms with Crippen LogP contribution in [0.3, 0.4) is 0 Å². The van der Waals surface area contributed by atoms with Gasteiger partial charge in [0.1, 0.15) is 27.1 Å². The SMILES string of the molecule is C=C(O)[C@H]1CCc2c(cn(C)c2C(=O)Nc2ccnc(C(F)F)c2)S(=N)(=O)N1. The summed E-state index contributed by atoms with van der Waals surface area (Å²) < 4.78 is 50.6. The molecule has 1 aliphatic rings. The summed E-state index contributed by atoms with van der Waals surface area (Å²) in [5, 5.41) is 12.2. The molecule has 2 atom stereocenters. The Bertz CT molecular complexity index is 1050. The van der Waals surface area contributed by atoms with Gasteiger partial charge in [0.15, 0.2) is 0 Å². The number of rotatable bonds is 4. The molecule has 4 N–H and O–H groups in total. The van der Waals surface area contributed by atoms with Crippen molar-refractivity contribution in [1.29, 1.82) is 4.78 Å². The summed E-state index contributed by atoms with van der Waals surface area (Å²) in [6.07, 6.45) is 0.371. The van der Waals surface area contributed by atoms with Gasteiger partial charge in [-0.3, -0.25) is 9.78 Å². The number of nitrogens with one attached hydrogen (secondary N) is 3. The summed E-state index contributed by atoms with van der Waals surface area (Å²) in [5.74, 6) is -0.830. The number of aliphatic hydroxyl groups excluding tert-OH is 1. The molecule has 0 spiro atoms. The Labute approximate surface area is 160 Å². The lowest BCUT2D eigenvalue weighted by molar-refractivity contribution is 0.101. The van der Waals surface area contributed by atoms with Crippen LogP contribution in [-0.2, 0) is 23.4 Å². The molecule has 3 heterocycles. The van der Waals surface area contributed by atoms with Crippen LogP contribution in [0.1, 0.15) is 34.6 Å². The highest BCUT2D eigenvalue weighted by molar-refractivity contribution is 7.90. The minimum atomic E-state index is -3.48. The standard InChI is InChI=1S/C17H19F2N5O3S/c1-9(25)12-4-3-11-14(28(20,27)23-12)8-24(2)15(11)17(26)22-10-5-6-21-13(7-10)16(18)19/h5-8,12,16,25H,1,3-4H2,2H3,(H2,20,23,27)(H,21,22,26)/t12-,28?/m1/s1. The summed E-state index contributed by atoms with van der Waals surface area (Å²) in [6, 6.07) is 1.71. The third-order valence-electron chi connectivity index (χ3n) is 4.43. The van der Waals surface area contributed by atoms with E-state index in [0.29, 0.717) is 5.56 Å². The van der Waals surface area contributed by atoms with Gasteiger partial charge in [-0.15, -0.1) is 0 Å². The number of aromatic nitrogens is 2. The summed E-state index contributed by atoms with van der Waals surface area (Å²) in [4.78, 5) is 16.5. The highest BCUT2D eigenvalue weighted by Crippen LogP contribution is 2.29. The fraction of sp³-hybridized carbons (Fsp3) is 0.294. The molecule has 11 heteroatoms. The van der Waals surface area contributed by atoms with Crippen molar-refractivity contribution < 1.29 is 22.9 Å². The Balaban J connectivity index is 1.97. The van der Waals surface area contributed by atoms with Gasteiger partial charge >= 0.3 is 0 Å². The largest absolute Gasteiger partial charge is 0.511 e. The number of anilines is 1. The predicted octanol–water partition coefficient (Wildman–Crippen LogP) is 2.91. The third kappa shape index (κ3) is 3.76. The molecule has 0 fully saturated rings. The summed E-state index contributed by atoms with van der Waals surface area (Å²) in [5.41, 5.74) is 0.243. The number of alkyl halides is 2. The predicted molar refractivity (Wildman–Crippen MR) is 98.7 cm³/mol. The van der Waals surface area contributed by atoms with E-state index in [0.717, 1.165) is 6.07 Å². The van der Waals surface area contributed by atoms with Gasteiger partial charge < -0.3 is 15.0 Å². The summed E-state index contributed by atoms with van der Waals surface area (Å²) in [7, 11) is -1.91. The average Bonchev–Trinajstić information content (AvgIpc) is 2.89. The number of aryl methyl sites for hydroxylation is 1. The molecule has 1 aliphatic heterocycles. The van der Waals surface area contributed by atoms with Crippen LogP contribution in [0, 0.1) is 4.78 Å². The first-order valence-corrected chi connectivity index (χ1v) is 9.83. The van der Waals surface area contributed by atoms with E-state index in [1.807, 2.05) is 0 Å². The quantitative estimate of drug-likeness (QED) is 0.578. The van der Waals surface area contributed by atoms with E-state index in [1.165, 1.54) is 23.0 Å². The van der Waals surface area contributed by atoms with Crippen LogP contribution in [0.4, 0.5) is 14.5 Å². The molecule has 2 aromatic heterocycles. The average molecular weight is 411 g/mol. The van der Waals surface area contributed by atoms with E-state index >= 15 is 0 Å². The van der Waals surface area contributed by atoms with Gasteiger partial charge in [0.2, 0.25) is 0 Å². The Morgan fingerprint density at radius 2 is 2.29 bits per heavy atom. The number of amides is 1. The normalized spacial score (nSPS) is 21.8. The van der Waals surface area contributed by atoms with Gasteiger partial charge in [0, 0.05) is 30.7 Å². The number of aliphatic hydroxyl groups is 1. The Morgan fingerprint density at radius 1 is 1.57 bits per heavy atom. The second-order valence-electron chi connectivity index (χ2n) is 6.41. The van der Waals surface area contributed by atoms with Crippen molar-refractivity contribution in [2.24, 2.45) is 7.05 Å². The Kier molecular flexibility index (Phi) is 5.22. The minimum absolute atomic E-state index is 0.144. The van der Waals surface area contributed by atoms with Gasteiger partial charge in [-0.1, -0.05) is 6.58 Å². The van der Waals surface area contributed by atoms with Crippen molar-refractivity contribution in [3.63, 3.8) is 0 Å². The van der Waals surface area contributed by atoms with Crippen LogP contribution in [0.2, 0.25) is 0 Å². The van der Waals surface area contributed by atoms with Crippen molar-refractivity contribution in [3.05, 3.63) is 53.8 Å². The van der Waals surface area contributed by atoms with E-state index in [9.17, 15) is 22.9 Å². The lowest BCUT2D eigenvalue weighted by Crippen LogP contribution is -2.33. The molecule has 8 nitrogen and oxygen atoms in total. The molecule has 0 aromatic carbocycles. The van der Waals surface area contributed by atoms with E-state index in [1.54, 1.807) is 7.05 Å². The lowest BCUT2D eigenvalue weighted by Gasteiger charge is -2.15. The molecule has 1 unspecified atom stereocenters. The van der Waals surface area contributed by atoms with Crippen LogP contribution in [0.15, 0.2) is 41.8 Å². The number of fused-ring (bicyclic) bond motifs is 1. The molecule has 28 heavy (non-hydrogen) atoms. The number of hydrogen-bond acceptors (Lipinski definition) is 5. The van der Waals surface area contributed by atoms with Gasteiger partial charge in [0.25, 0.3) is 12.3 Å². The summed E-state index contributed by atoms with van der Waals surface area (Å²) >= 11 is 0. The number of carbonyl (C=O) groups excluding carboxylic acids is 1. The summed E-state index contributed by atoms with van der Waals surface area (Å²) in [6.45, 7) is 3.42. The third-order valence-corrected chi connectivity index (χ3v) is 6.02. The number of pyridine rings is 1. The van der Waals surface area contributed by atoms with Crippen molar-refractivity contribution >= 4 is 21.5 Å². The van der Waals surface area contributed by atoms with Crippen LogP contribution in [0.25, 0.3) is 0 Å². The first kappa shape index (κ1) is 20.0. The molecule has 1 amide bonds. The van der Waals surface area contributed by atoms with Crippen molar-refractivity contribution in [3.8, 4) is 0 Å². The number of carbonyl (C=O) groups is 1. The molecular formula is C17H19F2N5O3S. The van der Waals surface area contributed by atoms with Gasteiger partial charge in [-0.25, -0.2) is 22.5 Å². The fourth-order valence-electron chi connectivity index (χ4n) is 3.12. The van der Waals surface area contributed by atoms with E-state index in [-0.39, 0.29) is 34.9 Å². The lowest BCUT2D eigenvalue weighted by atomic mass is 10.0. The molecular weight excluding hydrogens is 392 g/mol. The Hall–Kier alpha value is -2.79. The zero-order valence-electron chi connectivity index (χ0n) is 14.9. The molecule has 0 aliphatic carbocycles. The highest BCUT2D eigenvalue weighted by Gasteiger charge is 2.31. The molecule has 0 saturated heterocycles. The van der Waals surface area contributed by atoms with Crippen LogP contribution >= 0.6 is 0 Å². The minimum Gasteiger partial charge on any atom is -0.511 e. The van der Waals surface area contributed by atoms with Gasteiger partial charge in [-0.2, -0.15) is 0 Å². The van der Waals surface area contributed by atoms with E-state index in [4.69, 9.17) is 4.78 Å². The van der Waals surface area contributed by atoms with E-state index in [2.05, 4.69) is 21.6 Å². The maximum absolute atomic E-state index is 12.8. The van der Waals surface area contributed by atoms with Gasteiger partial charge in [0.05, 0.1) is 10.9 Å². The number of nitrogens with zero attached hydrogens (tertiary/aromatic N) is 2. The molecule has 0 radical (unpaired) electrons. The monoisotopic (exact) mass is 411 g/mol. The highest BCUT2D eigenvalue weighted by atomic mass is 32.2. The maximum atomic E-state index is 12.8. The maximum Gasteiger partial charge on any atom is 0.280 e. The molecule has 0 bridgehead atoms. The number of halogens is 2. The second-order valence-corrected chi connectivity index (χ2v) is 8.20.